The SMILES string of the molecule is CCOC(=O)c1[nH]ncc1N1CC(C(=O)OC)CC1=O. The second-order valence-electron chi connectivity index (χ2n) is 4.28. The Morgan fingerprint density at radius 2 is 2.30 bits per heavy atom. The van der Waals surface area contributed by atoms with E-state index >= 15 is 0 Å². The molecule has 108 valence electrons. The van der Waals surface area contributed by atoms with Gasteiger partial charge in [0.2, 0.25) is 5.91 Å². The minimum atomic E-state index is -0.589. The normalized spacial score (nSPS) is 18.2. The Morgan fingerprint density at radius 1 is 1.55 bits per heavy atom. The number of aromatic amines is 1. The standard InChI is InChI=1S/C12H15N3O5/c1-3-20-12(18)10-8(5-13-14-10)15-6-7(4-9(15)16)11(17)19-2/h5,7H,3-4,6H2,1-2H3,(H,13,14). The van der Waals surface area contributed by atoms with E-state index in [1.807, 2.05) is 0 Å². The molecule has 1 aromatic rings. The Labute approximate surface area is 115 Å². The Hall–Kier alpha value is -2.38. The predicted molar refractivity (Wildman–Crippen MR) is 67.0 cm³/mol. The molecule has 1 N–H and O–H groups in total. The number of hydrogen-bond donors (Lipinski definition) is 1. The molecule has 1 aliphatic heterocycles. The van der Waals surface area contributed by atoms with Gasteiger partial charge in [0, 0.05) is 13.0 Å². The Balaban J connectivity index is 2.21. The number of carbonyl (C=O) groups is 3. The van der Waals surface area contributed by atoms with Crippen molar-refractivity contribution < 1.29 is 23.9 Å². The van der Waals surface area contributed by atoms with Crippen LogP contribution in [0.25, 0.3) is 0 Å². The molecule has 0 aromatic carbocycles. The van der Waals surface area contributed by atoms with Crippen molar-refractivity contribution in [3.63, 3.8) is 0 Å². The molecule has 1 aromatic heterocycles. The summed E-state index contributed by atoms with van der Waals surface area (Å²) in [6.07, 6.45) is 1.42. The summed E-state index contributed by atoms with van der Waals surface area (Å²) >= 11 is 0. The van der Waals surface area contributed by atoms with Crippen LogP contribution in [0.3, 0.4) is 0 Å². The van der Waals surface area contributed by atoms with Crippen LogP contribution in [0.5, 0.6) is 0 Å². The Bertz CT molecular complexity index is 539. The summed E-state index contributed by atoms with van der Waals surface area (Å²) in [5.74, 6) is -1.82. The maximum Gasteiger partial charge on any atom is 0.358 e. The minimum Gasteiger partial charge on any atom is -0.469 e. The zero-order chi connectivity index (χ0) is 14.7. The first-order valence-electron chi connectivity index (χ1n) is 6.17. The van der Waals surface area contributed by atoms with Crippen LogP contribution in [0.15, 0.2) is 6.20 Å². The molecule has 1 atom stereocenters. The minimum absolute atomic E-state index is 0.0557. The van der Waals surface area contributed by atoms with Gasteiger partial charge in [-0.15, -0.1) is 0 Å². The molecule has 0 spiro atoms. The van der Waals surface area contributed by atoms with E-state index in [1.165, 1.54) is 18.2 Å². The van der Waals surface area contributed by atoms with Gasteiger partial charge in [0.1, 0.15) is 0 Å². The molecule has 1 fully saturated rings. The number of nitrogens with one attached hydrogen (secondary N) is 1. The smallest absolute Gasteiger partial charge is 0.358 e. The van der Waals surface area contributed by atoms with Crippen LogP contribution < -0.4 is 4.90 Å². The van der Waals surface area contributed by atoms with Crippen molar-refractivity contribution in [2.24, 2.45) is 5.92 Å². The summed E-state index contributed by atoms with van der Waals surface area (Å²) in [6.45, 7) is 2.07. The monoisotopic (exact) mass is 281 g/mol. The third-order valence-electron chi connectivity index (χ3n) is 3.05. The molecule has 8 heteroatoms. The molecular weight excluding hydrogens is 266 g/mol. The molecule has 2 rings (SSSR count). The summed E-state index contributed by atoms with van der Waals surface area (Å²) < 4.78 is 9.51. The lowest BCUT2D eigenvalue weighted by Gasteiger charge is -2.15. The number of H-pyrrole nitrogens is 1. The van der Waals surface area contributed by atoms with Crippen LogP contribution in [-0.4, -0.2) is 48.3 Å². The predicted octanol–water partition coefficient (Wildman–Crippen LogP) is 0.112. The number of anilines is 1. The summed E-state index contributed by atoms with van der Waals surface area (Å²) in [5.41, 5.74) is 0.422. The van der Waals surface area contributed by atoms with Gasteiger partial charge in [-0.05, 0) is 6.92 Å². The number of nitrogens with zero attached hydrogens (tertiary/aromatic N) is 2. The average molecular weight is 281 g/mol. The Morgan fingerprint density at radius 3 is 2.95 bits per heavy atom. The summed E-state index contributed by atoms with van der Waals surface area (Å²) in [7, 11) is 1.28. The van der Waals surface area contributed by atoms with Crippen LogP contribution in [-0.2, 0) is 19.1 Å². The highest BCUT2D eigenvalue weighted by Gasteiger charge is 2.38. The second kappa shape index (κ2) is 5.72. The number of ether oxygens (including phenoxy) is 2. The molecular formula is C12H15N3O5. The molecule has 8 nitrogen and oxygen atoms in total. The number of hydrogen-bond acceptors (Lipinski definition) is 6. The van der Waals surface area contributed by atoms with E-state index in [-0.39, 0.29) is 31.2 Å². The quantitative estimate of drug-likeness (QED) is 0.786. The molecule has 2 heterocycles. The highest BCUT2D eigenvalue weighted by molar-refractivity contribution is 6.04. The molecule has 0 aliphatic carbocycles. The van der Waals surface area contributed by atoms with E-state index in [0.717, 1.165) is 0 Å². The second-order valence-corrected chi connectivity index (χ2v) is 4.28. The first kappa shape index (κ1) is 14.0. The van der Waals surface area contributed by atoms with Gasteiger partial charge < -0.3 is 14.4 Å². The maximum atomic E-state index is 12.0. The van der Waals surface area contributed by atoms with Crippen LogP contribution in [0.4, 0.5) is 5.69 Å². The van der Waals surface area contributed by atoms with Gasteiger partial charge in [0.05, 0.1) is 31.5 Å². The average Bonchev–Trinajstić information content (AvgIpc) is 3.04. The zero-order valence-corrected chi connectivity index (χ0v) is 11.2. The van der Waals surface area contributed by atoms with Gasteiger partial charge in [-0.1, -0.05) is 0 Å². The van der Waals surface area contributed by atoms with E-state index < -0.39 is 17.9 Å². The number of esters is 2. The first-order valence-corrected chi connectivity index (χ1v) is 6.17. The maximum absolute atomic E-state index is 12.0. The molecule has 1 amide bonds. The van der Waals surface area contributed by atoms with Crippen molar-refractivity contribution >= 4 is 23.5 Å². The van der Waals surface area contributed by atoms with E-state index in [4.69, 9.17) is 4.74 Å². The highest BCUT2D eigenvalue weighted by atomic mass is 16.5. The van der Waals surface area contributed by atoms with Crippen molar-refractivity contribution in [1.29, 1.82) is 0 Å². The van der Waals surface area contributed by atoms with Gasteiger partial charge in [-0.3, -0.25) is 14.7 Å². The fourth-order valence-corrected chi connectivity index (χ4v) is 2.10. The summed E-state index contributed by atoms with van der Waals surface area (Å²) in [4.78, 5) is 36.5. The molecule has 0 saturated carbocycles. The summed E-state index contributed by atoms with van der Waals surface area (Å²) in [5, 5.41) is 6.27. The Kier molecular flexibility index (Phi) is 4.02. The van der Waals surface area contributed by atoms with E-state index in [2.05, 4.69) is 14.9 Å². The number of rotatable bonds is 4. The largest absolute Gasteiger partial charge is 0.469 e. The van der Waals surface area contributed by atoms with Crippen molar-refractivity contribution in [3.8, 4) is 0 Å². The zero-order valence-electron chi connectivity index (χ0n) is 11.2. The number of aromatic nitrogens is 2. The molecule has 0 radical (unpaired) electrons. The topological polar surface area (TPSA) is 102 Å². The van der Waals surface area contributed by atoms with Crippen LogP contribution in [0.2, 0.25) is 0 Å². The molecule has 1 unspecified atom stereocenters. The van der Waals surface area contributed by atoms with E-state index in [1.54, 1.807) is 6.92 Å². The third-order valence-corrected chi connectivity index (χ3v) is 3.05. The third kappa shape index (κ3) is 2.49. The van der Waals surface area contributed by atoms with Gasteiger partial charge in [-0.25, -0.2) is 4.79 Å². The van der Waals surface area contributed by atoms with Crippen molar-refractivity contribution in [3.05, 3.63) is 11.9 Å². The lowest BCUT2D eigenvalue weighted by Crippen LogP contribution is -2.27. The lowest BCUT2D eigenvalue weighted by atomic mass is 10.1. The van der Waals surface area contributed by atoms with Crippen LogP contribution in [0.1, 0.15) is 23.8 Å². The van der Waals surface area contributed by atoms with Gasteiger partial charge in [0.15, 0.2) is 5.69 Å². The van der Waals surface area contributed by atoms with Gasteiger partial charge in [-0.2, -0.15) is 5.10 Å². The van der Waals surface area contributed by atoms with Crippen molar-refractivity contribution in [2.75, 3.05) is 25.2 Å². The van der Waals surface area contributed by atoms with E-state index in [9.17, 15) is 14.4 Å². The first-order chi connectivity index (χ1) is 9.58. The summed E-state index contributed by atoms with van der Waals surface area (Å²) in [6, 6.07) is 0. The number of amides is 1. The highest BCUT2D eigenvalue weighted by Crippen LogP contribution is 2.27. The number of carbonyl (C=O) groups excluding carboxylic acids is 3. The van der Waals surface area contributed by atoms with Gasteiger partial charge in [0.25, 0.3) is 0 Å². The molecule has 1 aliphatic rings. The molecule has 20 heavy (non-hydrogen) atoms. The van der Waals surface area contributed by atoms with Crippen molar-refractivity contribution in [1.82, 2.24) is 10.2 Å². The van der Waals surface area contributed by atoms with Crippen LogP contribution >= 0.6 is 0 Å². The number of methoxy groups -OCH3 is 1. The molecule has 1 saturated heterocycles. The lowest BCUT2D eigenvalue weighted by molar-refractivity contribution is -0.145. The fraction of sp³-hybridized carbons (Fsp3) is 0.500. The van der Waals surface area contributed by atoms with Gasteiger partial charge >= 0.3 is 11.9 Å². The van der Waals surface area contributed by atoms with E-state index in [0.29, 0.717) is 5.69 Å². The van der Waals surface area contributed by atoms with Crippen LogP contribution in [0, 0.1) is 5.92 Å². The fourth-order valence-electron chi connectivity index (χ4n) is 2.10. The molecule has 0 bridgehead atoms. The van der Waals surface area contributed by atoms with Crippen molar-refractivity contribution in [2.45, 2.75) is 13.3 Å².